The second-order valence-corrected chi connectivity index (χ2v) is 10.2. The minimum Gasteiger partial charge on any atom is -0.466 e. The lowest BCUT2D eigenvalue weighted by Gasteiger charge is -2.40. The zero-order chi connectivity index (χ0) is 19.4. The molecule has 0 spiro atoms. The lowest BCUT2D eigenvalue weighted by molar-refractivity contribution is -0.140. The van der Waals surface area contributed by atoms with Gasteiger partial charge < -0.3 is 9.47 Å². The molecule has 142 valence electrons. The third kappa shape index (κ3) is 1.75. The summed E-state index contributed by atoms with van der Waals surface area (Å²) in [5.41, 5.74) is 0.450. The van der Waals surface area contributed by atoms with Crippen molar-refractivity contribution >= 4 is 81.5 Å². The first-order valence-corrected chi connectivity index (χ1v) is 10.0. The van der Waals surface area contributed by atoms with Crippen LogP contribution in [0.2, 0.25) is 0 Å². The van der Waals surface area contributed by atoms with Gasteiger partial charge in [0.1, 0.15) is 9.75 Å². The molecule has 26 heavy (non-hydrogen) atoms. The van der Waals surface area contributed by atoms with Crippen molar-refractivity contribution < 1.29 is 19.1 Å². The van der Waals surface area contributed by atoms with Gasteiger partial charge in [-0.2, -0.15) is 0 Å². The summed E-state index contributed by atoms with van der Waals surface area (Å²) in [7, 11) is 2.48. The SMILES string of the molecule is COC(=O)C1=C(C(=O)OC)[C@@H]2C[C@H]1[C@@H]1[C@H]2[C@]2(Cl)C(Cl)=C(Cl)[C@@]1(Cl)C2(Cl)Cl. The van der Waals surface area contributed by atoms with E-state index in [-0.39, 0.29) is 21.2 Å². The number of ether oxygens (including phenoxy) is 2. The molecule has 0 aromatic heterocycles. The van der Waals surface area contributed by atoms with Crippen LogP contribution in [0.25, 0.3) is 0 Å². The molecule has 4 aliphatic carbocycles. The molecule has 0 unspecified atom stereocenters. The molecular formula is C16H12Cl6O4. The fourth-order valence-corrected chi connectivity index (χ4v) is 8.54. The van der Waals surface area contributed by atoms with Crippen LogP contribution in [-0.2, 0) is 19.1 Å². The molecule has 0 radical (unpaired) electrons. The molecule has 4 rings (SSSR count). The Hall–Kier alpha value is 0.160. The quantitative estimate of drug-likeness (QED) is 0.335. The van der Waals surface area contributed by atoms with E-state index in [4.69, 9.17) is 79.1 Å². The van der Waals surface area contributed by atoms with Crippen LogP contribution >= 0.6 is 69.6 Å². The van der Waals surface area contributed by atoms with Crippen LogP contribution < -0.4 is 0 Å². The summed E-state index contributed by atoms with van der Waals surface area (Å²) in [5, 5.41) is 0.164. The third-order valence-electron chi connectivity index (χ3n) is 6.27. The second-order valence-electron chi connectivity index (χ2n) is 6.94. The average molecular weight is 481 g/mol. The summed E-state index contributed by atoms with van der Waals surface area (Å²) < 4.78 is 8.05. The molecule has 6 atom stereocenters. The van der Waals surface area contributed by atoms with Crippen molar-refractivity contribution in [2.24, 2.45) is 23.7 Å². The zero-order valence-electron chi connectivity index (χ0n) is 13.4. The van der Waals surface area contributed by atoms with Gasteiger partial charge in [0.05, 0.1) is 35.4 Å². The molecule has 2 fully saturated rings. The van der Waals surface area contributed by atoms with Crippen LogP contribution in [0.5, 0.6) is 0 Å². The first-order valence-electron chi connectivity index (χ1n) is 7.74. The highest BCUT2D eigenvalue weighted by molar-refractivity contribution is 6.65. The van der Waals surface area contributed by atoms with Gasteiger partial charge in [0.15, 0.2) is 4.33 Å². The Labute approximate surface area is 179 Å². The van der Waals surface area contributed by atoms with Crippen LogP contribution in [0, 0.1) is 23.7 Å². The maximum atomic E-state index is 12.4. The van der Waals surface area contributed by atoms with E-state index in [9.17, 15) is 9.59 Å². The van der Waals surface area contributed by atoms with Gasteiger partial charge in [-0.1, -0.05) is 46.4 Å². The monoisotopic (exact) mass is 478 g/mol. The number of methoxy groups -OCH3 is 2. The molecule has 4 nitrogen and oxygen atoms in total. The number of carbonyl (C=O) groups is 2. The smallest absolute Gasteiger partial charge is 0.334 e. The topological polar surface area (TPSA) is 52.6 Å². The summed E-state index contributed by atoms with van der Waals surface area (Å²) in [6.45, 7) is 0. The molecule has 0 heterocycles. The van der Waals surface area contributed by atoms with Crippen LogP contribution in [0.3, 0.4) is 0 Å². The molecule has 4 aliphatic rings. The highest BCUT2D eigenvalue weighted by atomic mass is 35.5. The van der Waals surface area contributed by atoms with E-state index in [2.05, 4.69) is 0 Å². The van der Waals surface area contributed by atoms with Crippen LogP contribution in [0.1, 0.15) is 6.42 Å². The number of rotatable bonds is 2. The molecule has 0 aliphatic heterocycles. The minimum absolute atomic E-state index is 0.0819. The number of halogens is 6. The van der Waals surface area contributed by atoms with Crippen molar-refractivity contribution in [3.63, 3.8) is 0 Å². The molecule has 0 aromatic rings. The zero-order valence-corrected chi connectivity index (χ0v) is 18.0. The number of fused-ring (bicyclic) bond motifs is 9. The van der Waals surface area contributed by atoms with Gasteiger partial charge in [0.25, 0.3) is 0 Å². The van der Waals surface area contributed by atoms with Crippen LogP contribution in [0.4, 0.5) is 0 Å². The Morgan fingerprint density at radius 2 is 1.19 bits per heavy atom. The lowest BCUT2D eigenvalue weighted by atomic mass is 9.70. The fraction of sp³-hybridized carbons (Fsp3) is 0.625. The fourth-order valence-electron chi connectivity index (χ4n) is 5.42. The van der Waals surface area contributed by atoms with Crippen molar-refractivity contribution in [1.29, 1.82) is 0 Å². The summed E-state index contributed by atoms with van der Waals surface area (Å²) in [5.74, 6) is -3.08. The van der Waals surface area contributed by atoms with Gasteiger partial charge in [-0.15, -0.1) is 23.2 Å². The summed E-state index contributed by atoms with van der Waals surface area (Å²) >= 11 is 39.8. The summed E-state index contributed by atoms with van der Waals surface area (Å²) in [6.07, 6.45) is 0.464. The maximum absolute atomic E-state index is 12.4. The standard InChI is InChI=1S/C16H12Cl6O4/c1-25-12(23)6-4-3-5(7(6)13(24)26-2)9-8(4)14(19)10(17)11(18)15(9,20)16(14,21)22/h4-5,8-9H,3H2,1-2H3/t4-,5+,8-,9+,14-,15+. The molecule has 0 amide bonds. The number of alkyl halides is 4. The van der Waals surface area contributed by atoms with E-state index in [0.29, 0.717) is 6.42 Å². The molecular weight excluding hydrogens is 469 g/mol. The van der Waals surface area contributed by atoms with Gasteiger partial charge in [-0.05, 0) is 30.1 Å². The predicted molar refractivity (Wildman–Crippen MR) is 100.0 cm³/mol. The Morgan fingerprint density at radius 3 is 1.50 bits per heavy atom. The normalized spacial score (nSPS) is 44.6. The van der Waals surface area contributed by atoms with E-state index < -0.39 is 49.7 Å². The predicted octanol–water partition coefficient (Wildman–Crippen LogP) is 4.36. The van der Waals surface area contributed by atoms with Gasteiger partial charge in [-0.3, -0.25) is 0 Å². The van der Waals surface area contributed by atoms with Crippen molar-refractivity contribution in [3.05, 3.63) is 21.2 Å². The lowest BCUT2D eigenvalue weighted by Crippen LogP contribution is -2.46. The number of hydrogen-bond acceptors (Lipinski definition) is 4. The van der Waals surface area contributed by atoms with Gasteiger partial charge in [0.2, 0.25) is 0 Å². The molecule has 4 bridgehead atoms. The van der Waals surface area contributed by atoms with Gasteiger partial charge in [0, 0.05) is 0 Å². The largest absolute Gasteiger partial charge is 0.466 e. The first-order chi connectivity index (χ1) is 12.0. The van der Waals surface area contributed by atoms with Gasteiger partial charge in [-0.25, -0.2) is 9.59 Å². The highest BCUT2D eigenvalue weighted by Gasteiger charge is 2.87. The summed E-state index contributed by atoms with van der Waals surface area (Å²) in [4.78, 5) is 21.9. The molecule has 0 N–H and O–H groups in total. The first kappa shape index (κ1) is 19.5. The van der Waals surface area contributed by atoms with Crippen molar-refractivity contribution in [3.8, 4) is 0 Å². The van der Waals surface area contributed by atoms with E-state index in [1.54, 1.807) is 0 Å². The van der Waals surface area contributed by atoms with Crippen molar-refractivity contribution in [2.75, 3.05) is 14.2 Å². The summed E-state index contributed by atoms with van der Waals surface area (Å²) in [6, 6.07) is 0. The van der Waals surface area contributed by atoms with E-state index >= 15 is 0 Å². The van der Waals surface area contributed by atoms with Crippen molar-refractivity contribution in [2.45, 2.75) is 20.5 Å². The molecule has 10 heteroatoms. The van der Waals surface area contributed by atoms with Crippen LogP contribution in [-0.4, -0.2) is 40.2 Å². The second kappa shape index (κ2) is 5.61. The Kier molecular flexibility index (Phi) is 4.20. The van der Waals surface area contributed by atoms with E-state index in [0.717, 1.165) is 0 Å². The molecule has 0 aromatic carbocycles. The van der Waals surface area contributed by atoms with Crippen LogP contribution in [0.15, 0.2) is 21.2 Å². The van der Waals surface area contributed by atoms with Crippen molar-refractivity contribution in [1.82, 2.24) is 0 Å². The Morgan fingerprint density at radius 1 is 0.846 bits per heavy atom. The number of esters is 2. The number of allylic oxidation sites excluding steroid dienone is 2. The molecule has 2 saturated carbocycles. The number of carbonyl (C=O) groups excluding carboxylic acids is 2. The maximum Gasteiger partial charge on any atom is 0.334 e. The number of hydrogen-bond donors (Lipinski definition) is 0. The highest BCUT2D eigenvalue weighted by Crippen LogP contribution is 2.82. The molecule has 0 saturated heterocycles. The van der Waals surface area contributed by atoms with Gasteiger partial charge >= 0.3 is 11.9 Å². The Bertz CT molecular complexity index is 758. The minimum atomic E-state index is -1.71. The third-order valence-corrected chi connectivity index (χ3v) is 10.6. The Balaban J connectivity index is 1.96. The van der Waals surface area contributed by atoms with E-state index in [1.165, 1.54) is 14.2 Å². The average Bonchev–Trinajstić information content (AvgIpc) is 3.24. The van der Waals surface area contributed by atoms with E-state index in [1.807, 2.05) is 0 Å².